The molecule has 0 saturated carbocycles. The first-order valence-corrected chi connectivity index (χ1v) is 17.8. The number of anilines is 3. The van der Waals surface area contributed by atoms with Gasteiger partial charge in [0.25, 0.3) is 0 Å². The number of fused-ring (bicyclic) bond motifs is 7. The highest BCUT2D eigenvalue weighted by atomic mass is 15.2. The van der Waals surface area contributed by atoms with Gasteiger partial charge in [0.05, 0.1) is 22.4 Å². The minimum absolute atomic E-state index is 0.149. The van der Waals surface area contributed by atoms with Crippen molar-refractivity contribution in [2.75, 3.05) is 4.90 Å². The molecule has 0 spiro atoms. The van der Waals surface area contributed by atoms with Gasteiger partial charge >= 0.3 is 0 Å². The Bertz CT molecular complexity index is 2730. The highest BCUT2D eigenvalue weighted by Crippen LogP contribution is 2.55. The Morgan fingerprint density at radius 1 is 0.451 bits per heavy atom. The Hall–Kier alpha value is -6.38. The van der Waals surface area contributed by atoms with Crippen molar-refractivity contribution in [3.8, 4) is 27.9 Å². The summed E-state index contributed by atoms with van der Waals surface area (Å²) in [6.45, 7) is 4.75. The summed E-state index contributed by atoms with van der Waals surface area (Å²) in [4.78, 5) is 2.48. The molecule has 0 fully saturated rings. The maximum Gasteiger partial charge on any atom is 0.0702 e. The van der Waals surface area contributed by atoms with E-state index in [-0.39, 0.29) is 5.41 Å². The zero-order valence-electron chi connectivity index (χ0n) is 28.7. The van der Waals surface area contributed by atoms with Gasteiger partial charge in [0.1, 0.15) is 0 Å². The number of hydrogen-bond acceptors (Lipinski definition) is 1. The molecule has 0 N–H and O–H groups in total. The lowest BCUT2D eigenvalue weighted by molar-refractivity contribution is 0.662. The van der Waals surface area contributed by atoms with Crippen molar-refractivity contribution >= 4 is 49.6 Å². The van der Waals surface area contributed by atoms with Crippen LogP contribution in [0.15, 0.2) is 182 Å². The highest BCUT2D eigenvalue weighted by Gasteiger charge is 2.38. The van der Waals surface area contributed by atoms with Crippen LogP contribution in [-0.2, 0) is 5.41 Å². The fourth-order valence-electron chi connectivity index (χ4n) is 8.65. The molecule has 0 radical (unpaired) electrons. The van der Waals surface area contributed by atoms with E-state index in [0.717, 1.165) is 22.7 Å². The Balaban J connectivity index is 1.31. The van der Waals surface area contributed by atoms with E-state index in [1.54, 1.807) is 0 Å². The van der Waals surface area contributed by atoms with E-state index < -0.39 is 0 Å². The monoisotopic (exact) mass is 652 g/mol. The molecule has 2 heteroatoms. The minimum Gasteiger partial charge on any atom is -0.308 e. The fourth-order valence-corrected chi connectivity index (χ4v) is 8.65. The third-order valence-corrected chi connectivity index (χ3v) is 10.9. The third-order valence-electron chi connectivity index (χ3n) is 10.9. The van der Waals surface area contributed by atoms with Gasteiger partial charge in [0.15, 0.2) is 0 Å². The summed E-state index contributed by atoms with van der Waals surface area (Å²) >= 11 is 0. The Morgan fingerprint density at radius 3 is 1.84 bits per heavy atom. The Kier molecular flexibility index (Phi) is 6.56. The number of nitrogens with zero attached hydrogens (tertiary/aromatic N) is 2. The van der Waals surface area contributed by atoms with Gasteiger partial charge in [-0.05, 0) is 92.7 Å². The van der Waals surface area contributed by atoms with Crippen molar-refractivity contribution in [3.05, 3.63) is 193 Å². The van der Waals surface area contributed by atoms with Crippen LogP contribution in [0, 0.1) is 0 Å². The quantitative estimate of drug-likeness (QED) is 0.180. The molecule has 0 bridgehead atoms. The van der Waals surface area contributed by atoms with Gasteiger partial charge in [0, 0.05) is 27.6 Å². The van der Waals surface area contributed by atoms with E-state index >= 15 is 0 Å². The van der Waals surface area contributed by atoms with Crippen molar-refractivity contribution < 1.29 is 0 Å². The van der Waals surface area contributed by atoms with Gasteiger partial charge in [-0.1, -0.05) is 147 Å². The predicted molar refractivity (Wildman–Crippen MR) is 216 cm³/mol. The molecule has 9 aromatic rings. The average molecular weight is 653 g/mol. The first-order chi connectivity index (χ1) is 25.1. The molecule has 10 rings (SSSR count). The molecule has 1 heterocycles. The molecule has 0 amide bonds. The van der Waals surface area contributed by atoms with Crippen molar-refractivity contribution in [1.82, 2.24) is 4.57 Å². The molecule has 242 valence electrons. The van der Waals surface area contributed by atoms with Crippen molar-refractivity contribution in [2.24, 2.45) is 0 Å². The average Bonchev–Trinajstić information content (AvgIpc) is 3.64. The summed E-state index contributed by atoms with van der Waals surface area (Å²) in [5.74, 6) is 0. The molecule has 2 nitrogen and oxygen atoms in total. The standard InChI is InChI=1S/C49H36N2/c1-49(2)43-23-11-8-20-38(43)42-32-37(31-41(48(42)49)34-17-4-3-5-18-34)50(36-29-28-33-16-6-7-19-35(33)30-36)46-26-14-15-27-47(46)51-44-24-12-9-21-39(44)40-22-10-13-25-45(40)51/h3-32H,1-2H3. The molecule has 8 aromatic carbocycles. The van der Waals surface area contributed by atoms with Gasteiger partial charge < -0.3 is 9.47 Å². The molecule has 1 aliphatic rings. The van der Waals surface area contributed by atoms with Crippen molar-refractivity contribution in [1.29, 1.82) is 0 Å². The first-order valence-electron chi connectivity index (χ1n) is 17.8. The number of hydrogen-bond donors (Lipinski definition) is 0. The summed E-state index contributed by atoms with van der Waals surface area (Å²) in [5, 5.41) is 4.95. The van der Waals surface area contributed by atoms with Crippen LogP contribution in [0.5, 0.6) is 0 Å². The highest BCUT2D eigenvalue weighted by molar-refractivity contribution is 6.10. The Morgan fingerprint density at radius 2 is 1.06 bits per heavy atom. The van der Waals surface area contributed by atoms with E-state index in [1.807, 2.05) is 0 Å². The molecule has 0 atom stereocenters. The maximum absolute atomic E-state index is 2.48. The molecule has 1 aliphatic carbocycles. The normalized spacial score (nSPS) is 13.1. The van der Waals surface area contributed by atoms with Crippen LogP contribution in [0.25, 0.3) is 60.5 Å². The van der Waals surface area contributed by atoms with E-state index in [0.29, 0.717) is 0 Å². The summed E-state index contributed by atoms with van der Waals surface area (Å²) in [5.41, 5.74) is 14.6. The lowest BCUT2D eigenvalue weighted by Gasteiger charge is -2.31. The summed E-state index contributed by atoms with van der Waals surface area (Å²) in [7, 11) is 0. The number of aromatic nitrogens is 1. The van der Waals surface area contributed by atoms with E-state index in [4.69, 9.17) is 0 Å². The fraction of sp³-hybridized carbons (Fsp3) is 0.0612. The summed E-state index contributed by atoms with van der Waals surface area (Å²) < 4.78 is 2.44. The van der Waals surface area contributed by atoms with Gasteiger partial charge in [-0.25, -0.2) is 0 Å². The Labute approximate surface area is 298 Å². The molecular weight excluding hydrogens is 617 g/mol. The number of rotatable bonds is 5. The molecular formula is C49H36N2. The molecule has 1 aromatic heterocycles. The van der Waals surface area contributed by atoms with Crippen LogP contribution < -0.4 is 4.90 Å². The summed E-state index contributed by atoms with van der Waals surface area (Å²) in [6, 6.07) is 66.7. The molecule has 0 unspecified atom stereocenters. The van der Waals surface area contributed by atoms with Gasteiger partial charge in [0.2, 0.25) is 0 Å². The second-order valence-corrected chi connectivity index (χ2v) is 14.2. The van der Waals surface area contributed by atoms with E-state index in [1.165, 1.54) is 66.0 Å². The van der Waals surface area contributed by atoms with Crippen molar-refractivity contribution in [3.63, 3.8) is 0 Å². The predicted octanol–water partition coefficient (Wildman–Crippen LogP) is 13.4. The third kappa shape index (κ3) is 4.50. The smallest absolute Gasteiger partial charge is 0.0702 e. The second-order valence-electron chi connectivity index (χ2n) is 14.2. The zero-order valence-corrected chi connectivity index (χ0v) is 28.7. The maximum atomic E-state index is 2.48. The lowest BCUT2D eigenvalue weighted by atomic mass is 9.78. The van der Waals surface area contributed by atoms with Gasteiger partial charge in [-0.3, -0.25) is 0 Å². The topological polar surface area (TPSA) is 8.17 Å². The zero-order chi connectivity index (χ0) is 34.1. The SMILES string of the molecule is CC1(C)c2ccccc2-c2cc(N(c3ccc4ccccc4c3)c3ccccc3-n3c4ccccc4c4ccccc43)cc(-c3ccccc3)c21. The largest absolute Gasteiger partial charge is 0.308 e. The van der Waals surface area contributed by atoms with Gasteiger partial charge in [-0.15, -0.1) is 0 Å². The molecule has 51 heavy (non-hydrogen) atoms. The van der Waals surface area contributed by atoms with Crippen LogP contribution >= 0.6 is 0 Å². The van der Waals surface area contributed by atoms with Crippen LogP contribution in [0.4, 0.5) is 17.1 Å². The number of benzene rings is 8. The van der Waals surface area contributed by atoms with Gasteiger partial charge in [-0.2, -0.15) is 0 Å². The first kappa shape index (κ1) is 29.5. The van der Waals surface area contributed by atoms with Crippen LogP contribution in [-0.4, -0.2) is 4.57 Å². The number of para-hydroxylation sites is 4. The van der Waals surface area contributed by atoms with E-state index in [2.05, 4.69) is 205 Å². The van der Waals surface area contributed by atoms with E-state index in [9.17, 15) is 0 Å². The van der Waals surface area contributed by atoms with Crippen molar-refractivity contribution in [2.45, 2.75) is 19.3 Å². The summed E-state index contributed by atoms with van der Waals surface area (Å²) in [6.07, 6.45) is 0. The lowest BCUT2D eigenvalue weighted by Crippen LogP contribution is -2.17. The molecule has 0 saturated heterocycles. The van der Waals surface area contributed by atoms with Crippen LogP contribution in [0.1, 0.15) is 25.0 Å². The van der Waals surface area contributed by atoms with Crippen LogP contribution in [0.2, 0.25) is 0 Å². The second kappa shape index (κ2) is 11.3. The molecule has 0 aliphatic heterocycles. The minimum atomic E-state index is -0.149. The van der Waals surface area contributed by atoms with Crippen LogP contribution in [0.3, 0.4) is 0 Å².